The summed E-state index contributed by atoms with van der Waals surface area (Å²) in [4.78, 5) is 29.9. The van der Waals surface area contributed by atoms with Gasteiger partial charge >= 0.3 is 0 Å². The molecular weight excluding hydrogens is 383 g/mol. The van der Waals surface area contributed by atoms with Crippen LogP contribution >= 0.6 is 0 Å². The van der Waals surface area contributed by atoms with Crippen molar-refractivity contribution in [1.29, 1.82) is 0 Å². The number of hydrogen-bond donors (Lipinski definition) is 1. The number of nitrogens with zero attached hydrogens (tertiary/aromatic N) is 3. The van der Waals surface area contributed by atoms with Crippen molar-refractivity contribution in [3.63, 3.8) is 0 Å². The number of carbonyl (C=O) groups excluding carboxylic acids is 1. The van der Waals surface area contributed by atoms with Gasteiger partial charge in [-0.05, 0) is 50.5 Å². The van der Waals surface area contributed by atoms with Crippen LogP contribution in [0.25, 0.3) is 16.7 Å². The molecule has 1 fully saturated rings. The van der Waals surface area contributed by atoms with E-state index in [1.54, 1.807) is 16.7 Å². The van der Waals surface area contributed by atoms with Crippen LogP contribution in [-0.4, -0.2) is 26.1 Å². The Balaban J connectivity index is 1.59. The number of benzene rings is 1. The van der Waals surface area contributed by atoms with Crippen LogP contribution in [0.2, 0.25) is 0 Å². The molecular formula is C23H27FN4O2. The number of hydrogen-bond acceptors (Lipinski definition) is 3. The number of halogens is 1. The number of aryl methyl sites for hydroxylation is 2. The van der Waals surface area contributed by atoms with E-state index in [0.29, 0.717) is 16.7 Å². The number of rotatable bonds is 5. The lowest BCUT2D eigenvalue weighted by molar-refractivity contribution is -0.122. The van der Waals surface area contributed by atoms with E-state index in [-0.39, 0.29) is 36.3 Å². The number of aromatic nitrogens is 3. The lowest BCUT2D eigenvalue weighted by Gasteiger charge is -2.22. The summed E-state index contributed by atoms with van der Waals surface area (Å²) < 4.78 is 17.0. The maximum absolute atomic E-state index is 13.7. The molecule has 4 rings (SSSR count). The molecule has 7 heteroatoms. The molecule has 0 saturated heterocycles. The Labute approximate surface area is 174 Å². The van der Waals surface area contributed by atoms with Gasteiger partial charge in [0.25, 0.3) is 5.56 Å². The minimum atomic E-state index is -0.344. The Morgan fingerprint density at radius 1 is 1.23 bits per heavy atom. The second-order valence-corrected chi connectivity index (χ2v) is 8.12. The van der Waals surface area contributed by atoms with Gasteiger partial charge in [-0.1, -0.05) is 25.3 Å². The Bertz CT molecular complexity index is 1140. The van der Waals surface area contributed by atoms with Gasteiger partial charge in [0, 0.05) is 24.7 Å². The van der Waals surface area contributed by atoms with Crippen LogP contribution in [0.5, 0.6) is 0 Å². The van der Waals surface area contributed by atoms with Gasteiger partial charge in [0.15, 0.2) is 5.65 Å². The molecule has 0 atom stereocenters. The molecule has 1 amide bonds. The summed E-state index contributed by atoms with van der Waals surface area (Å²) in [5.41, 5.74) is 2.60. The minimum absolute atomic E-state index is 0.0286. The fraction of sp³-hybridized carbons (Fsp3) is 0.435. The van der Waals surface area contributed by atoms with Crippen LogP contribution < -0.4 is 10.9 Å². The number of fused-ring (bicyclic) bond motifs is 1. The van der Waals surface area contributed by atoms with E-state index >= 15 is 0 Å². The summed E-state index contributed by atoms with van der Waals surface area (Å²) in [6, 6.07) is 6.49. The zero-order valence-electron chi connectivity index (χ0n) is 17.4. The molecule has 0 bridgehead atoms. The second kappa shape index (κ2) is 8.42. The van der Waals surface area contributed by atoms with E-state index in [9.17, 15) is 14.0 Å². The van der Waals surface area contributed by atoms with Gasteiger partial charge < -0.3 is 5.32 Å². The maximum Gasteiger partial charge on any atom is 0.263 e. The zero-order valence-corrected chi connectivity index (χ0v) is 17.4. The Morgan fingerprint density at radius 2 is 2.00 bits per heavy atom. The van der Waals surface area contributed by atoms with E-state index in [1.165, 1.54) is 29.4 Å². The van der Waals surface area contributed by atoms with Gasteiger partial charge in [-0.25, -0.2) is 9.37 Å². The van der Waals surface area contributed by atoms with Crippen molar-refractivity contribution in [2.75, 3.05) is 0 Å². The monoisotopic (exact) mass is 410 g/mol. The van der Waals surface area contributed by atoms with Crippen molar-refractivity contribution in [3.8, 4) is 5.69 Å². The number of carbonyl (C=O) groups is 1. The SMILES string of the molecule is Cc1c(C)n(-c2cccc(F)c2)c2ncn(CCC(=O)NC3CCCCC3)c(=O)c12. The molecule has 3 aromatic rings. The third kappa shape index (κ3) is 3.88. The summed E-state index contributed by atoms with van der Waals surface area (Å²) in [5, 5.41) is 3.59. The molecule has 158 valence electrons. The van der Waals surface area contributed by atoms with Crippen molar-refractivity contribution in [3.05, 3.63) is 58.0 Å². The molecule has 1 N–H and O–H groups in total. The van der Waals surface area contributed by atoms with E-state index in [0.717, 1.165) is 36.9 Å². The highest BCUT2D eigenvalue weighted by Gasteiger charge is 2.19. The second-order valence-electron chi connectivity index (χ2n) is 8.12. The molecule has 30 heavy (non-hydrogen) atoms. The van der Waals surface area contributed by atoms with Crippen LogP contribution in [-0.2, 0) is 11.3 Å². The third-order valence-corrected chi connectivity index (χ3v) is 6.10. The van der Waals surface area contributed by atoms with E-state index < -0.39 is 0 Å². The van der Waals surface area contributed by atoms with Crippen LogP contribution in [0.4, 0.5) is 4.39 Å². The van der Waals surface area contributed by atoms with Crippen LogP contribution in [0, 0.1) is 19.7 Å². The molecule has 0 spiro atoms. The lowest BCUT2D eigenvalue weighted by Crippen LogP contribution is -2.37. The first kappa shape index (κ1) is 20.3. The Morgan fingerprint density at radius 3 is 2.73 bits per heavy atom. The Hall–Kier alpha value is -2.96. The summed E-state index contributed by atoms with van der Waals surface area (Å²) in [6.07, 6.45) is 7.34. The average Bonchev–Trinajstić information content (AvgIpc) is 2.99. The molecule has 1 aromatic carbocycles. The van der Waals surface area contributed by atoms with Gasteiger partial charge in [0.05, 0.1) is 17.4 Å². The molecule has 0 unspecified atom stereocenters. The fourth-order valence-electron chi connectivity index (χ4n) is 4.34. The van der Waals surface area contributed by atoms with Crippen molar-refractivity contribution in [2.45, 2.75) is 65.0 Å². The highest BCUT2D eigenvalue weighted by atomic mass is 19.1. The predicted molar refractivity (Wildman–Crippen MR) is 114 cm³/mol. The average molecular weight is 410 g/mol. The van der Waals surface area contributed by atoms with Gasteiger partial charge in [-0.15, -0.1) is 0 Å². The summed E-state index contributed by atoms with van der Waals surface area (Å²) in [7, 11) is 0. The quantitative estimate of drug-likeness (QED) is 0.696. The van der Waals surface area contributed by atoms with Gasteiger partial charge in [0.2, 0.25) is 5.91 Å². The summed E-state index contributed by atoms with van der Waals surface area (Å²) >= 11 is 0. The zero-order chi connectivity index (χ0) is 21.3. The predicted octanol–water partition coefficient (Wildman–Crippen LogP) is 3.78. The maximum atomic E-state index is 13.7. The standard InChI is InChI=1S/C23H27FN4O2/c1-15-16(2)28(19-10-6-7-17(24)13-19)22-21(15)23(30)27(14-25-22)12-11-20(29)26-18-8-4-3-5-9-18/h6-7,10,13-14,18H,3-5,8-9,11-12H2,1-2H3,(H,26,29). The summed E-state index contributed by atoms with van der Waals surface area (Å²) in [5.74, 6) is -0.372. The lowest BCUT2D eigenvalue weighted by atomic mass is 9.95. The molecule has 6 nitrogen and oxygen atoms in total. The molecule has 0 aliphatic heterocycles. The molecule has 2 heterocycles. The molecule has 1 aliphatic carbocycles. The van der Waals surface area contributed by atoms with Crippen molar-refractivity contribution >= 4 is 16.9 Å². The molecule has 0 radical (unpaired) electrons. The van der Waals surface area contributed by atoms with Gasteiger partial charge in [-0.2, -0.15) is 0 Å². The highest BCUT2D eigenvalue weighted by molar-refractivity contribution is 5.83. The van der Waals surface area contributed by atoms with E-state index in [4.69, 9.17) is 0 Å². The highest BCUT2D eigenvalue weighted by Crippen LogP contribution is 2.25. The van der Waals surface area contributed by atoms with E-state index in [2.05, 4.69) is 10.3 Å². The Kier molecular flexibility index (Phi) is 5.70. The molecule has 2 aromatic heterocycles. The van der Waals surface area contributed by atoms with Gasteiger partial charge in [-0.3, -0.25) is 18.7 Å². The first-order valence-electron chi connectivity index (χ1n) is 10.6. The van der Waals surface area contributed by atoms with Crippen molar-refractivity contribution in [1.82, 2.24) is 19.4 Å². The smallest absolute Gasteiger partial charge is 0.263 e. The topological polar surface area (TPSA) is 68.9 Å². The van der Waals surface area contributed by atoms with Crippen molar-refractivity contribution < 1.29 is 9.18 Å². The van der Waals surface area contributed by atoms with Crippen molar-refractivity contribution in [2.24, 2.45) is 0 Å². The third-order valence-electron chi connectivity index (χ3n) is 6.10. The van der Waals surface area contributed by atoms with Crippen LogP contribution in [0.3, 0.4) is 0 Å². The summed E-state index contributed by atoms with van der Waals surface area (Å²) in [6.45, 7) is 4.05. The van der Waals surface area contributed by atoms with Crippen LogP contribution in [0.15, 0.2) is 35.4 Å². The van der Waals surface area contributed by atoms with Gasteiger partial charge in [0.1, 0.15) is 5.82 Å². The van der Waals surface area contributed by atoms with E-state index in [1.807, 2.05) is 13.8 Å². The number of nitrogens with one attached hydrogen (secondary N) is 1. The van der Waals surface area contributed by atoms with Crippen LogP contribution in [0.1, 0.15) is 49.8 Å². The first-order chi connectivity index (χ1) is 14.5. The minimum Gasteiger partial charge on any atom is -0.353 e. The number of amides is 1. The normalized spacial score (nSPS) is 14.9. The largest absolute Gasteiger partial charge is 0.353 e. The molecule has 1 saturated carbocycles. The first-order valence-corrected chi connectivity index (χ1v) is 10.6. The molecule has 1 aliphatic rings. The fourth-order valence-corrected chi connectivity index (χ4v) is 4.34.